The van der Waals surface area contributed by atoms with Crippen molar-refractivity contribution < 1.29 is 14.3 Å². The Hall–Kier alpha value is -2.63. The van der Waals surface area contributed by atoms with Gasteiger partial charge in [-0.3, -0.25) is 4.79 Å². The first-order valence-electron chi connectivity index (χ1n) is 7.96. The summed E-state index contributed by atoms with van der Waals surface area (Å²) in [5.41, 5.74) is 1.45. The highest BCUT2D eigenvalue weighted by molar-refractivity contribution is 5.95. The molecule has 24 heavy (non-hydrogen) atoms. The molecule has 0 aliphatic carbocycles. The quantitative estimate of drug-likeness (QED) is 0.864. The third kappa shape index (κ3) is 3.18. The molecule has 1 aromatic heterocycles. The lowest BCUT2D eigenvalue weighted by Gasteiger charge is -2.25. The van der Waals surface area contributed by atoms with Crippen LogP contribution in [0.2, 0.25) is 0 Å². The number of hydrogen-bond donors (Lipinski definition) is 0. The standard InChI is InChI=1S/C18H21N3O3/c1-12-19-7-6-16(20-12)17-5-4-8-21(17)18(22)13-9-14(23-2)11-15(10-13)24-3/h6-7,9-11,17H,4-5,8H2,1-3H3/t17-/m0/s1. The summed E-state index contributed by atoms with van der Waals surface area (Å²) < 4.78 is 10.5. The monoisotopic (exact) mass is 327 g/mol. The lowest BCUT2D eigenvalue weighted by atomic mass is 10.1. The maximum Gasteiger partial charge on any atom is 0.254 e. The van der Waals surface area contributed by atoms with Crippen LogP contribution < -0.4 is 9.47 Å². The van der Waals surface area contributed by atoms with Gasteiger partial charge in [0.1, 0.15) is 17.3 Å². The van der Waals surface area contributed by atoms with E-state index in [4.69, 9.17) is 9.47 Å². The van der Waals surface area contributed by atoms with Crippen molar-refractivity contribution in [2.75, 3.05) is 20.8 Å². The molecule has 0 radical (unpaired) electrons. The highest BCUT2D eigenvalue weighted by Gasteiger charge is 2.32. The predicted molar refractivity (Wildman–Crippen MR) is 89.3 cm³/mol. The molecule has 1 amide bonds. The Morgan fingerprint density at radius 3 is 2.54 bits per heavy atom. The zero-order valence-electron chi connectivity index (χ0n) is 14.2. The number of likely N-dealkylation sites (tertiary alicyclic amines) is 1. The lowest BCUT2D eigenvalue weighted by molar-refractivity contribution is 0.0732. The van der Waals surface area contributed by atoms with Gasteiger partial charge in [0.25, 0.3) is 5.91 Å². The number of hydrogen-bond acceptors (Lipinski definition) is 5. The van der Waals surface area contributed by atoms with E-state index in [-0.39, 0.29) is 11.9 Å². The molecule has 126 valence electrons. The van der Waals surface area contributed by atoms with Gasteiger partial charge in [-0.1, -0.05) is 0 Å². The van der Waals surface area contributed by atoms with Gasteiger partial charge in [0.15, 0.2) is 0 Å². The van der Waals surface area contributed by atoms with E-state index in [1.807, 2.05) is 17.9 Å². The van der Waals surface area contributed by atoms with Crippen molar-refractivity contribution in [1.82, 2.24) is 14.9 Å². The number of ether oxygens (including phenoxy) is 2. The molecule has 1 aromatic carbocycles. The molecule has 0 unspecified atom stereocenters. The van der Waals surface area contributed by atoms with Gasteiger partial charge in [-0.05, 0) is 38.0 Å². The van der Waals surface area contributed by atoms with Crippen molar-refractivity contribution in [1.29, 1.82) is 0 Å². The number of nitrogens with zero attached hydrogens (tertiary/aromatic N) is 3. The zero-order valence-corrected chi connectivity index (χ0v) is 14.2. The van der Waals surface area contributed by atoms with Gasteiger partial charge in [-0.2, -0.15) is 0 Å². The van der Waals surface area contributed by atoms with Crippen molar-refractivity contribution in [3.63, 3.8) is 0 Å². The fourth-order valence-corrected chi connectivity index (χ4v) is 3.07. The smallest absolute Gasteiger partial charge is 0.254 e. The van der Waals surface area contributed by atoms with E-state index >= 15 is 0 Å². The van der Waals surface area contributed by atoms with Gasteiger partial charge >= 0.3 is 0 Å². The molecule has 0 saturated carbocycles. The number of amides is 1. The molecule has 0 N–H and O–H groups in total. The van der Waals surface area contributed by atoms with Crippen LogP contribution in [0.3, 0.4) is 0 Å². The highest BCUT2D eigenvalue weighted by Crippen LogP contribution is 2.33. The number of aromatic nitrogens is 2. The van der Waals surface area contributed by atoms with Crippen LogP contribution in [0.15, 0.2) is 30.5 Å². The van der Waals surface area contributed by atoms with Gasteiger partial charge in [0.05, 0.1) is 26.0 Å². The Bertz CT molecular complexity index is 726. The van der Waals surface area contributed by atoms with Crippen molar-refractivity contribution in [2.24, 2.45) is 0 Å². The summed E-state index contributed by atoms with van der Waals surface area (Å²) in [5, 5.41) is 0. The summed E-state index contributed by atoms with van der Waals surface area (Å²) in [6, 6.07) is 7.11. The van der Waals surface area contributed by atoms with Gasteiger partial charge in [0, 0.05) is 24.4 Å². The number of methoxy groups -OCH3 is 2. The van der Waals surface area contributed by atoms with Gasteiger partial charge < -0.3 is 14.4 Å². The van der Waals surface area contributed by atoms with Gasteiger partial charge in [-0.25, -0.2) is 9.97 Å². The second-order valence-electron chi connectivity index (χ2n) is 5.79. The van der Waals surface area contributed by atoms with Crippen molar-refractivity contribution in [3.8, 4) is 11.5 Å². The van der Waals surface area contributed by atoms with Crippen LogP contribution in [-0.4, -0.2) is 41.5 Å². The Morgan fingerprint density at radius 2 is 1.92 bits per heavy atom. The molecule has 1 aliphatic rings. The Morgan fingerprint density at radius 1 is 1.21 bits per heavy atom. The average Bonchev–Trinajstić information content (AvgIpc) is 3.10. The first-order chi connectivity index (χ1) is 11.6. The topological polar surface area (TPSA) is 64.6 Å². The van der Waals surface area contributed by atoms with Crippen LogP contribution in [0.25, 0.3) is 0 Å². The molecule has 0 spiro atoms. The zero-order chi connectivity index (χ0) is 17.1. The number of aryl methyl sites for hydroxylation is 1. The minimum absolute atomic E-state index is 0.0172. The van der Waals surface area contributed by atoms with Gasteiger partial charge in [0.2, 0.25) is 0 Å². The molecule has 0 bridgehead atoms. The van der Waals surface area contributed by atoms with Crippen LogP contribution >= 0.6 is 0 Å². The third-order valence-electron chi connectivity index (χ3n) is 4.25. The Kier molecular flexibility index (Phi) is 4.64. The second kappa shape index (κ2) is 6.86. The van der Waals surface area contributed by atoms with Crippen molar-refractivity contribution >= 4 is 5.91 Å². The van der Waals surface area contributed by atoms with Gasteiger partial charge in [-0.15, -0.1) is 0 Å². The molecule has 2 aromatic rings. The molecule has 1 aliphatic heterocycles. The predicted octanol–water partition coefficient (Wildman–Crippen LogP) is 2.78. The summed E-state index contributed by atoms with van der Waals surface area (Å²) in [7, 11) is 3.15. The van der Waals surface area contributed by atoms with Crippen molar-refractivity contribution in [2.45, 2.75) is 25.8 Å². The molecular formula is C18H21N3O3. The number of rotatable bonds is 4. The van der Waals surface area contributed by atoms with E-state index in [1.165, 1.54) is 0 Å². The van der Waals surface area contributed by atoms with Crippen LogP contribution in [0.4, 0.5) is 0 Å². The minimum Gasteiger partial charge on any atom is -0.497 e. The molecule has 6 heteroatoms. The Labute approximate surface area is 141 Å². The van der Waals surface area contributed by atoms with E-state index in [9.17, 15) is 4.79 Å². The largest absolute Gasteiger partial charge is 0.497 e. The summed E-state index contributed by atoms with van der Waals surface area (Å²) in [5.74, 6) is 1.89. The molecular weight excluding hydrogens is 306 g/mol. The molecule has 1 atom stereocenters. The Balaban J connectivity index is 1.91. The highest BCUT2D eigenvalue weighted by atomic mass is 16.5. The van der Waals surface area contributed by atoms with Crippen molar-refractivity contribution in [3.05, 3.63) is 47.5 Å². The number of benzene rings is 1. The van der Waals surface area contributed by atoms with E-state index < -0.39 is 0 Å². The molecule has 1 saturated heterocycles. The third-order valence-corrected chi connectivity index (χ3v) is 4.25. The fourth-order valence-electron chi connectivity index (χ4n) is 3.07. The van der Waals surface area contributed by atoms with Crippen LogP contribution in [0, 0.1) is 6.92 Å². The van der Waals surface area contributed by atoms with Crippen LogP contribution in [-0.2, 0) is 0 Å². The molecule has 1 fully saturated rings. The van der Waals surface area contributed by atoms with Crippen LogP contribution in [0.5, 0.6) is 11.5 Å². The first-order valence-corrected chi connectivity index (χ1v) is 7.96. The van der Waals surface area contributed by atoms with E-state index in [0.29, 0.717) is 23.6 Å². The van der Waals surface area contributed by atoms with E-state index in [0.717, 1.165) is 24.4 Å². The van der Waals surface area contributed by atoms with E-state index in [2.05, 4.69) is 9.97 Å². The maximum atomic E-state index is 13.0. The maximum absolute atomic E-state index is 13.0. The normalized spacial score (nSPS) is 17.0. The summed E-state index contributed by atoms with van der Waals surface area (Å²) in [6.07, 6.45) is 3.61. The van der Waals surface area contributed by atoms with E-state index in [1.54, 1.807) is 38.6 Å². The number of carbonyl (C=O) groups excluding carboxylic acids is 1. The molecule has 6 nitrogen and oxygen atoms in total. The van der Waals surface area contributed by atoms with Crippen LogP contribution in [0.1, 0.15) is 40.8 Å². The SMILES string of the molecule is COc1cc(OC)cc(C(=O)N2CCC[C@H]2c2ccnc(C)n2)c1. The lowest BCUT2D eigenvalue weighted by Crippen LogP contribution is -2.31. The summed E-state index contributed by atoms with van der Waals surface area (Å²) >= 11 is 0. The fraction of sp³-hybridized carbons (Fsp3) is 0.389. The summed E-state index contributed by atoms with van der Waals surface area (Å²) in [4.78, 5) is 23.5. The average molecular weight is 327 g/mol. The number of carbonyl (C=O) groups is 1. The molecule has 2 heterocycles. The molecule has 3 rings (SSSR count). The second-order valence-corrected chi connectivity index (χ2v) is 5.79. The minimum atomic E-state index is -0.0361. The summed E-state index contributed by atoms with van der Waals surface area (Å²) in [6.45, 7) is 2.57. The first kappa shape index (κ1) is 16.2.